The van der Waals surface area contributed by atoms with Gasteiger partial charge in [0.15, 0.2) is 0 Å². The van der Waals surface area contributed by atoms with Gasteiger partial charge in [-0.2, -0.15) is 0 Å². The summed E-state index contributed by atoms with van der Waals surface area (Å²) < 4.78 is 1.77. The number of likely N-dealkylation sites (tertiary alicyclic amines) is 1. The molecule has 3 aliphatic rings. The highest BCUT2D eigenvalue weighted by atomic mass is 16.2. The third-order valence-electron chi connectivity index (χ3n) is 6.88. The molecule has 2 aromatic rings. The van der Waals surface area contributed by atoms with E-state index < -0.39 is 6.04 Å². The second-order valence-corrected chi connectivity index (χ2v) is 8.54. The van der Waals surface area contributed by atoms with E-state index in [2.05, 4.69) is 10.3 Å². The molecule has 2 bridgehead atoms. The summed E-state index contributed by atoms with van der Waals surface area (Å²) in [4.78, 5) is 42.4. The van der Waals surface area contributed by atoms with Crippen LogP contribution in [-0.2, 0) is 4.79 Å². The predicted molar refractivity (Wildman–Crippen MR) is 109 cm³/mol. The van der Waals surface area contributed by atoms with Crippen molar-refractivity contribution in [2.45, 2.75) is 37.1 Å². The number of carbonyl (C=O) groups excluding carboxylic acids is 1. The number of aromatic nitrogens is 2. The maximum absolute atomic E-state index is 13.5. The van der Waals surface area contributed by atoms with Gasteiger partial charge in [-0.1, -0.05) is 6.07 Å². The normalized spacial score (nSPS) is 26.8. The monoisotopic (exact) mass is 394 g/mol. The molecule has 5 rings (SSSR count). The fourth-order valence-corrected chi connectivity index (χ4v) is 5.45. The van der Waals surface area contributed by atoms with E-state index in [4.69, 9.17) is 0 Å². The second kappa shape index (κ2) is 7.30. The van der Waals surface area contributed by atoms with E-state index in [0.29, 0.717) is 24.9 Å². The highest BCUT2D eigenvalue weighted by molar-refractivity contribution is 5.81. The molecular formula is C22H26N4O3. The molecule has 0 aromatic carbocycles. The molecule has 3 atom stereocenters. The van der Waals surface area contributed by atoms with Crippen LogP contribution in [-0.4, -0.2) is 46.5 Å². The maximum atomic E-state index is 13.5. The molecule has 152 valence electrons. The van der Waals surface area contributed by atoms with Crippen LogP contribution >= 0.6 is 0 Å². The van der Waals surface area contributed by atoms with Crippen LogP contribution in [0.5, 0.6) is 0 Å². The Hall–Kier alpha value is -2.67. The third-order valence-corrected chi connectivity index (χ3v) is 6.88. The number of H-pyrrole nitrogens is 1. The van der Waals surface area contributed by atoms with E-state index in [-0.39, 0.29) is 22.9 Å². The van der Waals surface area contributed by atoms with Gasteiger partial charge >= 0.3 is 0 Å². The van der Waals surface area contributed by atoms with E-state index in [0.717, 1.165) is 43.6 Å². The van der Waals surface area contributed by atoms with Crippen LogP contribution in [0.4, 0.5) is 0 Å². The van der Waals surface area contributed by atoms with Crippen molar-refractivity contribution in [3.05, 3.63) is 68.5 Å². The van der Waals surface area contributed by atoms with Crippen molar-refractivity contribution < 1.29 is 4.79 Å². The van der Waals surface area contributed by atoms with Gasteiger partial charge in [-0.3, -0.25) is 19.0 Å². The zero-order valence-corrected chi connectivity index (χ0v) is 16.3. The standard InChI is InChI=1S/C22H26N4O3/c27-19-11-15(4-7-24-19)14-5-8-25(9-6-14)22(29)21-17-10-16(12-23-13-17)18-2-1-3-20(28)26(18)21/h1-4,7,11,14,16-17,21,23H,5-6,8-10,12-13H2,(H,24,27)/t16-,17+,21-/m1/s1. The lowest BCUT2D eigenvalue weighted by atomic mass is 9.78. The minimum Gasteiger partial charge on any atom is -0.341 e. The number of nitrogens with zero attached hydrogens (tertiary/aromatic N) is 2. The van der Waals surface area contributed by atoms with Crippen molar-refractivity contribution in [2.75, 3.05) is 26.2 Å². The van der Waals surface area contributed by atoms with E-state index in [1.165, 1.54) is 0 Å². The molecule has 2 N–H and O–H groups in total. The molecule has 7 heteroatoms. The third kappa shape index (κ3) is 3.23. The molecule has 3 aliphatic heterocycles. The molecule has 1 amide bonds. The van der Waals surface area contributed by atoms with Gasteiger partial charge < -0.3 is 15.2 Å². The first kappa shape index (κ1) is 18.4. The fraction of sp³-hybridized carbons (Fsp3) is 0.500. The van der Waals surface area contributed by atoms with Gasteiger partial charge in [-0.15, -0.1) is 0 Å². The maximum Gasteiger partial charge on any atom is 0.251 e. The van der Waals surface area contributed by atoms with Crippen molar-refractivity contribution in [2.24, 2.45) is 5.92 Å². The Morgan fingerprint density at radius 2 is 1.86 bits per heavy atom. The minimum absolute atomic E-state index is 0.0658. The number of hydrogen-bond acceptors (Lipinski definition) is 4. The Labute approximate surface area is 168 Å². The number of piperidine rings is 2. The van der Waals surface area contributed by atoms with E-state index in [1.54, 1.807) is 29.0 Å². The molecule has 0 aliphatic carbocycles. The number of rotatable bonds is 2. The number of hydrogen-bond donors (Lipinski definition) is 2. The molecule has 2 saturated heterocycles. The molecule has 5 heterocycles. The summed E-state index contributed by atoms with van der Waals surface area (Å²) in [7, 11) is 0. The zero-order valence-electron chi connectivity index (χ0n) is 16.3. The molecule has 7 nitrogen and oxygen atoms in total. The van der Waals surface area contributed by atoms with Crippen molar-refractivity contribution in [3.63, 3.8) is 0 Å². The summed E-state index contributed by atoms with van der Waals surface area (Å²) >= 11 is 0. The van der Waals surface area contributed by atoms with Gasteiger partial charge in [-0.05, 0) is 42.9 Å². The first-order chi connectivity index (χ1) is 14.1. The number of amides is 1. The van der Waals surface area contributed by atoms with Crippen LogP contribution in [0, 0.1) is 5.92 Å². The van der Waals surface area contributed by atoms with Crippen LogP contribution in [0.15, 0.2) is 46.1 Å². The summed E-state index contributed by atoms with van der Waals surface area (Å²) in [6.45, 7) is 2.96. The molecule has 0 spiro atoms. The van der Waals surface area contributed by atoms with Crippen molar-refractivity contribution in [1.29, 1.82) is 0 Å². The Bertz CT molecular complexity index is 1030. The van der Waals surface area contributed by atoms with Crippen molar-refractivity contribution in [1.82, 2.24) is 19.8 Å². The van der Waals surface area contributed by atoms with Gasteiger partial charge in [0.25, 0.3) is 5.56 Å². The van der Waals surface area contributed by atoms with Gasteiger partial charge in [-0.25, -0.2) is 0 Å². The number of aromatic amines is 1. The molecule has 29 heavy (non-hydrogen) atoms. The summed E-state index contributed by atoms with van der Waals surface area (Å²) in [5.41, 5.74) is 1.87. The van der Waals surface area contributed by atoms with Crippen LogP contribution in [0.3, 0.4) is 0 Å². The SMILES string of the molecule is O=C([C@H]1[C@@H]2CNC[C@@H](C2)c2cccc(=O)n21)N1CCC(c2cc[nH]c(=O)c2)CC1. The molecule has 0 saturated carbocycles. The highest BCUT2D eigenvalue weighted by Gasteiger charge is 2.43. The predicted octanol–water partition coefficient (Wildman–Crippen LogP) is 1.19. The fourth-order valence-electron chi connectivity index (χ4n) is 5.45. The van der Waals surface area contributed by atoms with Crippen LogP contribution in [0.2, 0.25) is 0 Å². The Morgan fingerprint density at radius 3 is 2.66 bits per heavy atom. The summed E-state index contributed by atoms with van der Waals surface area (Å²) in [6, 6.07) is 8.56. The largest absolute Gasteiger partial charge is 0.341 e. The molecule has 0 radical (unpaired) electrons. The number of pyridine rings is 2. The average molecular weight is 394 g/mol. The van der Waals surface area contributed by atoms with Gasteiger partial charge in [0.1, 0.15) is 6.04 Å². The zero-order chi connectivity index (χ0) is 20.0. The second-order valence-electron chi connectivity index (χ2n) is 8.54. The molecule has 2 fully saturated rings. The Kier molecular flexibility index (Phi) is 4.62. The van der Waals surface area contributed by atoms with Gasteiger partial charge in [0.05, 0.1) is 0 Å². The van der Waals surface area contributed by atoms with Crippen LogP contribution < -0.4 is 16.4 Å². The lowest BCUT2D eigenvalue weighted by molar-refractivity contribution is -0.138. The lowest BCUT2D eigenvalue weighted by Crippen LogP contribution is -2.53. The quantitative estimate of drug-likeness (QED) is 0.801. The smallest absolute Gasteiger partial charge is 0.251 e. The lowest BCUT2D eigenvalue weighted by Gasteiger charge is -2.44. The molecular weight excluding hydrogens is 368 g/mol. The van der Waals surface area contributed by atoms with E-state index in [1.807, 2.05) is 17.0 Å². The summed E-state index contributed by atoms with van der Waals surface area (Å²) in [5, 5.41) is 3.45. The number of nitrogens with one attached hydrogen (secondary N) is 2. The first-order valence-corrected chi connectivity index (χ1v) is 10.5. The number of carbonyl (C=O) groups is 1. The van der Waals surface area contributed by atoms with Crippen molar-refractivity contribution in [3.8, 4) is 0 Å². The van der Waals surface area contributed by atoms with Crippen LogP contribution in [0.1, 0.15) is 48.4 Å². The van der Waals surface area contributed by atoms with E-state index in [9.17, 15) is 14.4 Å². The minimum atomic E-state index is -0.418. The number of fused-ring (bicyclic) bond motifs is 4. The first-order valence-electron chi connectivity index (χ1n) is 10.5. The topological polar surface area (TPSA) is 87.2 Å². The summed E-state index contributed by atoms with van der Waals surface area (Å²) in [6.07, 6.45) is 4.32. The van der Waals surface area contributed by atoms with Crippen molar-refractivity contribution >= 4 is 5.91 Å². The Balaban J connectivity index is 1.38. The van der Waals surface area contributed by atoms with Gasteiger partial charge in [0, 0.05) is 62.0 Å². The molecule has 2 aromatic heterocycles. The Morgan fingerprint density at radius 1 is 1.03 bits per heavy atom. The average Bonchev–Trinajstić information content (AvgIpc) is 2.75. The highest BCUT2D eigenvalue weighted by Crippen LogP contribution is 2.40. The van der Waals surface area contributed by atoms with E-state index >= 15 is 0 Å². The summed E-state index contributed by atoms with van der Waals surface area (Å²) in [5.74, 6) is 0.812. The van der Waals surface area contributed by atoms with Crippen LogP contribution in [0.25, 0.3) is 0 Å². The molecule has 0 unspecified atom stereocenters. The van der Waals surface area contributed by atoms with Gasteiger partial charge in [0.2, 0.25) is 11.5 Å².